The van der Waals surface area contributed by atoms with Gasteiger partial charge >= 0.3 is 0 Å². The first-order chi connectivity index (χ1) is 8.19. The average Bonchev–Trinajstić information content (AvgIpc) is 2.29. The summed E-state index contributed by atoms with van der Waals surface area (Å²) in [5, 5.41) is 0. The van der Waals surface area contributed by atoms with Crippen LogP contribution in [-0.4, -0.2) is 24.3 Å². The molecule has 0 saturated carbocycles. The minimum absolute atomic E-state index is 0.268. The fraction of sp³-hybridized carbons (Fsp3) is 0.500. The van der Waals surface area contributed by atoms with Gasteiger partial charge in [0.25, 0.3) is 0 Å². The molecule has 1 aromatic carbocycles. The van der Waals surface area contributed by atoms with Crippen molar-refractivity contribution in [3.05, 3.63) is 35.1 Å². The van der Waals surface area contributed by atoms with Crippen LogP contribution in [0.2, 0.25) is 0 Å². The minimum Gasteiger partial charge on any atom is -0.299 e. The first-order valence-electron chi connectivity index (χ1n) is 6.15. The predicted molar refractivity (Wildman–Crippen MR) is 65.5 cm³/mol. The van der Waals surface area contributed by atoms with E-state index in [1.54, 1.807) is 6.07 Å². The maximum absolute atomic E-state index is 13.2. The fourth-order valence-electron chi connectivity index (χ4n) is 2.50. The monoisotopic (exact) mass is 235 g/mol. The summed E-state index contributed by atoms with van der Waals surface area (Å²) >= 11 is 0. The third kappa shape index (κ3) is 3.13. The summed E-state index contributed by atoms with van der Waals surface area (Å²) in [4.78, 5) is 13.2. The molecule has 1 aliphatic rings. The van der Waals surface area contributed by atoms with Gasteiger partial charge in [0.2, 0.25) is 0 Å². The molecule has 17 heavy (non-hydrogen) atoms. The number of carbonyl (C=O) groups excluding carboxylic acids is 1. The number of hydrogen-bond acceptors (Lipinski definition) is 2. The zero-order chi connectivity index (χ0) is 12.3. The minimum atomic E-state index is -0.268. The van der Waals surface area contributed by atoms with Crippen LogP contribution in [0.5, 0.6) is 0 Å². The van der Waals surface area contributed by atoms with E-state index in [-0.39, 0.29) is 5.82 Å². The average molecular weight is 235 g/mol. The molecule has 0 unspecified atom stereocenters. The van der Waals surface area contributed by atoms with Crippen molar-refractivity contribution in [1.82, 2.24) is 4.90 Å². The highest BCUT2D eigenvalue weighted by atomic mass is 19.1. The van der Waals surface area contributed by atoms with E-state index >= 15 is 0 Å². The number of rotatable bonds is 3. The molecule has 1 saturated heterocycles. The van der Waals surface area contributed by atoms with Gasteiger partial charge in [0.15, 0.2) is 0 Å². The summed E-state index contributed by atoms with van der Waals surface area (Å²) < 4.78 is 13.2. The van der Waals surface area contributed by atoms with Crippen LogP contribution >= 0.6 is 0 Å². The topological polar surface area (TPSA) is 20.3 Å². The molecule has 0 N–H and O–H groups in total. The number of carbonyl (C=O) groups is 1. The van der Waals surface area contributed by atoms with Crippen molar-refractivity contribution in [1.29, 1.82) is 0 Å². The quantitative estimate of drug-likeness (QED) is 0.751. The van der Waals surface area contributed by atoms with Crippen LogP contribution in [0.15, 0.2) is 18.2 Å². The number of halogens is 1. The highest BCUT2D eigenvalue weighted by molar-refractivity contribution is 5.77. The van der Waals surface area contributed by atoms with Crippen LogP contribution in [0, 0.1) is 11.7 Å². The zero-order valence-electron chi connectivity index (χ0n) is 10.2. The summed E-state index contributed by atoms with van der Waals surface area (Å²) in [6, 6.07) is 4.38. The Bertz CT molecular complexity index is 405. The number of benzene rings is 1. The first-order valence-corrected chi connectivity index (χ1v) is 6.15. The van der Waals surface area contributed by atoms with E-state index in [4.69, 9.17) is 0 Å². The second kappa shape index (κ2) is 5.41. The molecule has 92 valence electrons. The molecule has 0 bridgehead atoms. The lowest BCUT2D eigenvalue weighted by Gasteiger charge is -2.31. The van der Waals surface area contributed by atoms with Crippen LogP contribution in [0.4, 0.5) is 4.39 Å². The third-order valence-corrected chi connectivity index (χ3v) is 3.37. The second-order valence-corrected chi connectivity index (χ2v) is 4.94. The van der Waals surface area contributed by atoms with Crippen molar-refractivity contribution >= 4 is 6.29 Å². The summed E-state index contributed by atoms with van der Waals surface area (Å²) in [6.45, 7) is 4.99. The predicted octanol–water partition coefficient (Wildman–Crippen LogP) is 2.87. The fourth-order valence-corrected chi connectivity index (χ4v) is 2.50. The summed E-state index contributed by atoms with van der Waals surface area (Å²) in [5.41, 5.74) is 1.40. The van der Waals surface area contributed by atoms with Crippen LogP contribution in [-0.2, 0) is 6.54 Å². The molecule has 0 radical (unpaired) electrons. The molecule has 1 atom stereocenters. The Labute approximate surface area is 101 Å². The number of hydrogen-bond donors (Lipinski definition) is 0. The first kappa shape index (κ1) is 12.2. The van der Waals surface area contributed by atoms with Gasteiger partial charge in [-0.05, 0) is 49.1 Å². The molecular formula is C14H18FNO. The highest BCUT2D eigenvalue weighted by Crippen LogP contribution is 2.19. The Balaban J connectivity index is 2.11. The summed E-state index contributed by atoms with van der Waals surface area (Å²) in [7, 11) is 0. The molecule has 0 spiro atoms. The highest BCUT2D eigenvalue weighted by Gasteiger charge is 2.17. The van der Waals surface area contributed by atoms with Gasteiger partial charge in [-0.1, -0.05) is 6.92 Å². The molecule has 1 heterocycles. The zero-order valence-corrected chi connectivity index (χ0v) is 10.2. The van der Waals surface area contributed by atoms with Crippen LogP contribution in [0.3, 0.4) is 0 Å². The van der Waals surface area contributed by atoms with Gasteiger partial charge < -0.3 is 0 Å². The molecule has 1 aliphatic heterocycles. The lowest BCUT2D eigenvalue weighted by molar-refractivity contribution is 0.112. The molecule has 0 aromatic heterocycles. The van der Waals surface area contributed by atoms with Crippen LogP contribution < -0.4 is 0 Å². The number of likely N-dealkylation sites (tertiary alicyclic amines) is 1. The van der Waals surface area contributed by atoms with Gasteiger partial charge in [0.05, 0.1) is 0 Å². The maximum atomic E-state index is 13.2. The molecule has 2 rings (SSSR count). The van der Waals surface area contributed by atoms with E-state index in [1.165, 1.54) is 25.0 Å². The molecule has 0 amide bonds. The van der Waals surface area contributed by atoms with E-state index in [1.807, 2.05) is 0 Å². The lowest BCUT2D eigenvalue weighted by Crippen LogP contribution is -2.34. The van der Waals surface area contributed by atoms with Crippen molar-refractivity contribution in [3.63, 3.8) is 0 Å². The lowest BCUT2D eigenvalue weighted by atomic mass is 9.99. The van der Waals surface area contributed by atoms with Crippen LogP contribution in [0.1, 0.15) is 35.7 Å². The summed E-state index contributed by atoms with van der Waals surface area (Å²) in [6.07, 6.45) is 3.26. The summed E-state index contributed by atoms with van der Waals surface area (Å²) in [5.74, 6) is 0.424. The van der Waals surface area contributed by atoms with Gasteiger partial charge in [0.1, 0.15) is 12.1 Å². The molecule has 1 aromatic rings. The molecule has 0 aliphatic carbocycles. The van der Waals surface area contributed by atoms with Crippen molar-refractivity contribution in [2.24, 2.45) is 5.92 Å². The van der Waals surface area contributed by atoms with Crippen LogP contribution in [0.25, 0.3) is 0 Å². The standard InChI is InChI=1S/C14H18FNO/c1-11-3-2-6-16(8-11)9-13-7-14(15)5-4-12(13)10-17/h4-5,7,10-11H,2-3,6,8-9H2,1H3/t11-/m1/s1. The van der Waals surface area contributed by atoms with Gasteiger partial charge in [-0.3, -0.25) is 9.69 Å². The number of aldehydes is 1. The Morgan fingerprint density at radius 2 is 2.35 bits per heavy atom. The van der Waals surface area contributed by atoms with Crippen molar-refractivity contribution in [2.45, 2.75) is 26.3 Å². The molecule has 2 nitrogen and oxygen atoms in total. The second-order valence-electron chi connectivity index (χ2n) is 4.94. The van der Waals surface area contributed by atoms with Crippen molar-refractivity contribution in [3.8, 4) is 0 Å². The Hall–Kier alpha value is -1.22. The molecule has 3 heteroatoms. The van der Waals surface area contributed by atoms with E-state index < -0.39 is 0 Å². The normalized spacial score (nSPS) is 21.4. The third-order valence-electron chi connectivity index (χ3n) is 3.37. The number of piperidine rings is 1. The SMILES string of the molecule is C[C@@H]1CCCN(Cc2cc(F)ccc2C=O)C1. The largest absolute Gasteiger partial charge is 0.299 e. The molecule has 1 fully saturated rings. The van der Waals surface area contributed by atoms with E-state index in [9.17, 15) is 9.18 Å². The maximum Gasteiger partial charge on any atom is 0.150 e. The smallest absolute Gasteiger partial charge is 0.150 e. The Morgan fingerprint density at radius 3 is 3.06 bits per heavy atom. The van der Waals surface area contributed by atoms with E-state index in [2.05, 4.69) is 11.8 Å². The van der Waals surface area contributed by atoms with E-state index in [0.29, 0.717) is 18.0 Å². The van der Waals surface area contributed by atoms with Gasteiger partial charge in [-0.25, -0.2) is 4.39 Å². The van der Waals surface area contributed by atoms with Crippen molar-refractivity contribution < 1.29 is 9.18 Å². The van der Waals surface area contributed by atoms with Crippen molar-refractivity contribution in [2.75, 3.05) is 13.1 Å². The van der Waals surface area contributed by atoms with Gasteiger partial charge in [0, 0.05) is 18.7 Å². The van der Waals surface area contributed by atoms with Gasteiger partial charge in [-0.15, -0.1) is 0 Å². The molecular weight excluding hydrogens is 217 g/mol. The van der Waals surface area contributed by atoms with Gasteiger partial charge in [-0.2, -0.15) is 0 Å². The Morgan fingerprint density at radius 1 is 1.53 bits per heavy atom. The number of nitrogens with zero attached hydrogens (tertiary/aromatic N) is 1. The Kier molecular flexibility index (Phi) is 3.89. The van der Waals surface area contributed by atoms with E-state index in [0.717, 1.165) is 24.9 Å².